The highest BCUT2D eigenvalue weighted by atomic mass is 35.5. The molecule has 0 bridgehead atoms. The summed E-state index contributed by atoms with van der Waals surface area (Å²) in [4.78, 5) is 17.1. The molecule has 0 unspecified atom stereocenters. The molecule has 0 aliphatic carbocycles. The van der Waals surface area contributed by atoms with Crippen molar-refractivity contribution in [2.75, 3.05) is 46.4 Å². The molecule has 1 amide bonds. The van der Waals surface area contributed by atoms with Crippen LogP contribution >= 0.6 is 11.6 Å². The molecule has 138 valence electrons. The van der Waals surface area contributed by atoms with Crippen LogP contribution in [0.4, 0.5) is 4.39 Å². The monoisotopic (exact) mass is 369 g/mol. The zero-order valence-electron chi connectivity index (χ0n) is 14.6. The molecule has 7 heteroatoms. The normalized spacial score (nSPS) is 21.3. The Morgan fingerprint density at radius 2 is 1.96 bits per heavy atom. The van der Waals surface area contributed by atoms with E-state index in [2.05, 4.69) is 10.2 Å². The van der Waals surface area contributed by atoms with Crippen LogP contribution in [0.25, 0.3) is 0 Å². The molecule has 1 aromatic carbocycles. The van der Waals surface area contributed by atoms with Gasteiger partial charge in [0.15, 0.2) is 0 Å². The summed E-state index contributed by atoms with van der Waals surface area (Å²) >= 11 is 6.11. The van der Waals surface area contributed by atoms with Crippen LogP contribution < -0.4 is 5.32 Å². The number of hydrogen-bond donors (Lipinski definition) is 1. The number of methoxy groups -OCH3 is 1. The number of rotatable bonds is 4. The summed E-state index contributed by atoms with van der Waals surface area (Å²) < 4.78 is 18.8. The lowest BCUT2D eigenvalue weighted by Gasteiger charge is -2.42. The number of carbonyl (C=O) groups is 1. The Labute approximate surface area is 153 Å². The maximum Gasteiger partial charge on any atom is 0.254 e. The third-order valence-corrected chi connectivity index (χ3v) is 5.61. The van der Waals surface area contributed by atoms with E-state index in [1.165, 1.54) is 12.1 Å². The van der Waals surface area contributed by atoms with Crippen molar-refractivity contribution in [3.63, 3.8) is 0 Å². The zero-order valence-corrected chi connectivity index (χ0v) is 15.3. The Morgan fingerprint density at radius 1 is 1.28 bits per heavy atom. The van der Waals surface area contributed by atoms with Crippen molar-refractivity contribution in [2.24, 2.45) is 0 Å². The Balaban J connectivity index is 1.57. The largest absolute Gasteiger partial charge is 0.368 e. The van der Waals surface area contributed by atoms with Crippen molar-refractivity contribution in [1.29, 1.82) is 0 Å². The molecular formula is C18H25ClFN3O2. The molecule has 25 heavy (non-hydrogen) atoms. The van der Waals surface area contributed by atoms with Crippen molar-refractivity contribution in [3.8, 4) is 0 Å². The summed E-state index contributed by atoms with van der Waals surface area (Å²) in [5.41, 5.74) is 0.239. The van der Waals surface area contributed by atoms with Crippen LogP contribution in [0, 0.1) is 5.82 Å². The average Bonchev–Trinajstić information content (AvgIpc) is 2.64. The van der Waals surface area contributed by atoms with Crippen LogP contribution in [-0.2, 0) is 16.1 Å². The second kappa shape index (κ2) is 7.99. The Bertz CT molecular complexity index is 614. The first-order valence-electron chi connectivity index (χ1n) is 8.76. The smallest absolute Gasteiger partial charge is 0.254 e. The van der Waals surface area contributed by atoms with Crippen LogP contribution in [0.1, 0.15) is 18.4 Å². The fourth-order valence-electron chi connectivity index (χ4n) is 3.62. The summed E-state index contributed by atoms with van der Waals surface area (Å²) in [6.07, 6.45) is 1.43. The van der Waals surface area contributed by atoms with Gasteiger partial charge in [-0.25, -0.2) is 4.39 Å². The van der Waals surface area contributed by atoms with Gasteiger partial charge >= 0.3 is 0 Å². The lowest BCUT2D eigenvalue weighted by Crippen LogP contribution is -2.59. The van der Waals surface area contributed by atoms with Crippen molar-refractivity contribution in [3.05, 3.63) is 34.6 Å². The third kappa shape index (κ3) is 4.14. The minimum Gasteiger partial charge on any atom is -0.368 e. The first-order valence-corrected chi connectivity index (χ1v) is 9.13. The quantitative estimate of drug-likeness (QED) is 0.880. The predicted molar refractivity (Wildman–Crippen MR) is 95.1 cm³/mol. The second-order valence-electron chi connectivity index (χ2n) is 6.75. The molecule has 0 radical (unpaired) electrons. The van der Waals surface area contributed by atoms with E-state index < -0.39 is 5.60 Å². The maximum absolute atomic E-state index is 13.2. The molecule has 5 nitrogen and oxygen atoms in total. The fourth-order valence-corrected chi connectivity index (χ4v) is 3.85. The summed E-state index contributed by atoms with van der Waals surface area (Å²) in [5, 5.41) is 3.73. The number of ether oxygens (including phenoxy) is 1. The molecule has 2 saturated heterocycles. The van der Waals surface area contributed by atoms with Crippen LogP contribution in [0.3, 0.4) is 0 Å². The molecule has 0 spiro atoms. The molecule has 0 aromatic heterocycles. The minimum absolute atomic E-state index is 0.107. The van der Waals surface area contributed by atoms with Gasteiger partial charge in [-0.2, -0.15) is 0 Å². The maximum atomic E-state index is 13.2. The molecule has 2 heterocycles. The predicted octanol–water partition coefficient (Wildman–Crippen LogP) is 1.89. The zero-order chi connectivity index (χ0) is 17.9. The molecule has 2 aliphatic heterocycles. The molecule has 1 aromatic rings. The van der Waals surface area contributed by atoms with Gasteiger partial charge in [0.2, 0.25) is 0 Å². The molecule has 1 N–H and O–H groups in total. The van der Waals surface area contributed by atoms with Crippen LogP contribution in [0.2, 0.25) is 5.02 Å². The first-order chi connectivity index (χ1) is 12.0. The lowest BCUT2D eigenvalue weighted by molar-refractivity contribution is -0.160. The number of nitrogens with one attached hydrogen (secondary N) is 1. The van der Waals surface area contributed by atoms with Crippen molar-refractivity contribution in [2.45, 2.75) is 25.0 Å². The third-order valence-electron chi connectivity index (χ3n) is 5.26. The lowest BCUT2D eigenvalue weighted by atomic mass is 9.90. The molecule has 2 aliphatic rings. The minimum atomic E-state index is -0.673. The number of piperidine rings is 1. The van der Waals surface area contributed by atoms with Crippen LogP contribution in [-0.4, -0.2) is 67.7 Å². The van der Waals surface area contributed by atoms with Gasteiger partial charge in [-0.1, -0.05) is 17.7 Å². The average molecular weight is 370 g/mol. The summed E-state index contributed by atoms with van der Waals surface area (Å²) in [6.45, 7) is 5.19. The number of piperazine rings is 1. The summed E-state index contributed by atoms with van der Waals surface area (Å²) in [7, 11) is 1.63. The van der Waals surface area contributed by atoms with E-state index in [0.29, 0.717) is 37.5 Å². The van der Waals surface area contributed by atoms with Gasteiger partial charge in [-0.05, 0) is 43.6 Å². The number of benzene rings is 1. The van der Waals surface area contributed by atoms with E-state index in [0.717, 1.165) is 31.7 Å². The van der Waals surface area contributed by atoms with Gasteiger partial charge in [0.1, 0.15) is 11.4 Å². The highest BCUT2D eigenvalue weighted by Crippen LogP contribution is 2.26. The van der Waals surface area contributed by atoms with E-state index >= 15 is 0 Å². The van der Waals surface area contributed by atoms with Gasteiger partial charge in [0.25, 0.3) is 5.91 Å². The SMILES string of the molecule is COC1(C(=O)N2CCN(Cc3ccc(F)cc3Cl)CC2)CCNCC1. The second-order valence-corrected chi connectivity index (χ2v) is 7.16. The van der Waals surface area contributed by atoms with Gasteiger partial charge < -0.3 is 15.0 Å². The number of nitrogens with zero attached hydrogens (tertiary/aromatic N) is 2. The van der Waals surface area contributed by atoms with Crippen LogP contribution in [0.5, 0.6) is 0 Å². The fraction of sp³-hybridized carbons (Fsp3) is 0.611. The molecule has 0 saturated carbocycles. The van der Waals surface area contributed by atoms with Gasteiger partial charge in [0, 0.05) is 44.9 Å². The highest BCUT2D eigenvalue weighted by Gasteiger charge is 2.42. The van der Waals surface area contributed by atoms with Crippen molar-refractivity contribution < 1.29 is 13.9 Å². The Morgan fingerprint density at radius 3 is 2.56 bits per heavy atom. The van der Waals surface area contributed by atoms with E-state index in [4.69, 9.17) is 16.3 Å². The molecule has 0 atom stereocenters. The summed E-state index contributed by atoms with van der Waals surface area (Å²) in [6, 6.07) is 4.50. The van der Waals surface area contributed by atoms with E-state index in [9.17, 15) is 9.18 Å². The Hall–Kier alpha value is -1.21. The highest BCUT2D eigenvalue weighted by molar-refractivity contribution is 6.31. The van der Waals surface area contributed by atoms with Crippen molar-refractivity contribution >= 4 is 17.5 Å². The number of carbonyl (C=O) groups excluding carboxylic acids is 1. The number of hydrogen-bond acceptors (Lipinski definition) is 4. The number of halogens is 2. The van der Waals surface area contributed by atoms with E-state index in [-0.39, 0.29) is 11.7 Å². The van der Waals surface area contributed by atoms with E-state index in [1.807, 2.05) is 4.90 Å². The number of amides is 1. The van der Waals surface area contributed by atoms with Gasteiger partial charge in [-0.3, -0.25) is 9.69 Å². The Kier molecular flexibility index (Phi) is 5.94. The van der Waals surface area contributed by atoms with Crippen molar-refractivity contribution in [1.82, 2.24) is 15.1 Å². The standard InChI is InChI=1S/C18H25ClFN3O2/c1-25-18(4-6-21-7-5-18)17(24)23-10-8-22(9-11-23)13-14-2-3-15(20)12-16(14)19/h2-3,12,21H,4-11,13H2,1H3. The molecular weight excluding hydrogens is 345 g/mol. The van der Waals surface area contributed by atoms with E-state index in [1.54, 1.807) is 13.2 Å². The topological polar surface area (TPSA) is 44.8 Å². The molecule has 2 fully saturated rings. The van der Waals surface area contributed by atoms with Gasteiger partial charge in [-0.15, -0.1) is 0 Å². The summed E-state index contributed by atoms with van der Waals surface area (Å²) in [5.74, 6) is -0.216. The first kappa shape index (κ1) is 18.6. The van der Waals surface area contributed by atoms with Gasteiger partial charge in [0.05, 0.1) is 0 Å². The molecule has 3 rings (SSSR count). The van der Waals surface area contributed by atoms with Crippen LogP contribution in [0.15, 0.2) is 18.2 Å².